The maximum Gasteiger partial charge on any atom is 0.418 e. The standard InChI is InChI=1S/C27H31F3N6O3/c1-26(2)12-7-14-35(17-26)15-11-18(16-22(37)38)32-25(39)23-33-24(20-9-5-6-13-31-20)36(34-23)21-10-4-3-8-19(21)27(28,29)30/h3-6,8-10,13,18H,7,11-12,14-17H2,1-2H3,(H,32,39)(H,37,38)/t18-/m0/s1. The van der Waals surface area contributed by atoms with E-state index in [2.05, 4.69) is 39.1 Å². The van der Waals surface area contributed by atoms with Crippen LogP contribution >= 0.6 is 0 Å². The summed E-state index contributed by atoms with van der Waals surface area (Å²) in [7, 11) is 0. The number of carboxylic acid groups (broad SMARTS) is 1. The number of halogens is 3. The predicted molar refractivity (Wildman–Crippen MR) is 137 cm³/mol. The Bertz CT molecular complexity index is 1310. The molecule has 0 aliphatic carbocycles. The molecule has 4 rings (SSSR count). The zero-order chi connectivity index (χ0) is 28.2. The largest absolute Gasteiger partial charge is 0.481 e. The minimum atomic E-state index is -4.68. The summed E-state index contributed by atoms with van der Waals surface area (Å²) in [4.78, 5) is 35.4. The molecular weight excluding hydrogens is 513 g/mol. The topological polar surface area (TPSA) is 113 Å². The predicted octanol–water partition coefficient (Wildman–Crippen LogP) is 4.43. The highest BCUT2D eigenvalue weighted by Crippen LogP contribution is 2.35. The van der Waals surface area contributed by atoms with E-state index in [0.717, 1.165) is 36.7 Å². The molecule has 0 spiro atoms. The molecule has 1 aliphatic rings. The number of hydrogen-bond acceptors (Lipinski definition) is 6. The smallest absolute Gasteiger partial charge is 0.418 e. The molecule has 0 unspecified atom stereocenters. The summed E-state index contributed by atoms with van der Waals surface area (Å²) in [6, 6.07) is 8.96. The Morgan fingerprint density at radius 1 is 1.15 bits per heavy atom. The van der Waals surface area contributed by atoms with Crippen LogP contribution in [0.25, 0.3) is 17.2 Å². The molecule has 12 heteroatoms. The monoisotopic (exact) mass is 544 g/mol. The van der Waals surface area contributed by atoms with Crippen molar-refractivity contribution in [3.05, 3.63) is 60.0 Å². The van der Waals surface area contributed by atoms with E-state index >= 15 is 0 Å². The minimum absolute atomic E-state index is 0.0530. The van der Waals surface area contributed by atoms with Crippen molar-refractivity contribution in [2.75, 3.05) is 19.6 Å². The Hall–Kier alpha value is -3.80. The number of aromatic nitrogens is 4. The molecule has 3 aromatic rings. The first-order valence-corrected chi connectivity index (χ1v) is 12.7. The van der Waals surface area contributed by atoms with Crippen LogP contribution in [-0.4, -0.2) is 67.3 Å². The van der Waals surface area contributed by atoms with Crippen LogP contribution in [0.5, 0.6) is 0 Å². The van der Waals surface area contributed by atoms with Gasteiger partial charge in [0, 0.05) is 25.3 Å². The number of benzene rings is 1. The summed E-state index contributed by atoms with van der Waals surface area (Å²) in [6.07, 6.45) is -0.994. The van der Waals surface area contributed by atoms with Gasteiger partial charge >= 0.3 is 12.1 Å². The number of aliphatic carboxylic acids is 1. The van der Waals surface area contributed by atoms with Gasteiger partial charge in [-0.2, -0.15) is 13.2 Å². The fraction of sp³-hybridized carbons (Fsp3) is 0.444. The van der Waals surface area contributed by atoms with Crippen LogP contribution in [0, 0.1) is 5.41 Å². The average molecular weight is 545 g/mol. The number of nitrogens with one attached hydrogen (secondary N) is 1. The summed E-state index contributed by atoms with van der Waals surface area (Å²) >= 11 is 0. The number of amides is 1. The van der Waals surface area contributed by atoms with Crippen LogP contribution < -0.4 is 5.32 Å². The van der Waals surface area contributed by atoms with Gasteiger partial charge in [-0.1, -0.05) is 32.0 Å². The third-order valence-corrected chi connectivity index (χ3v) is 6.67. The Balaban J connectivity index is 1.62. The maximum absolute atomic E-state index is 13.8. The van der Waals surface area contributed by atoms with Crippen molar-refractivity contribution < 1.29 is 27.9 Å². The number of para-hydroxylation sites is 1. The lowest BCUT2D eigenvalue weighted by atomic mass is 9.84. The third-order valence-electron chi connectivity index (χ3n) is 6.67. The molecule has 0 saturated carbocycles. The second-order valence-corrected chi connectivity index (χ2v) is 10.5. The van der Waals surface area contributed by atoms with Gasteiger partial charge in [0.25, 0.3) is 5.91 Å². The molecule has 1 aromatic carbocycles. The number of nitrogens with zero attached hydrogens (tertiary/aromatic N) is 5. The van der Waals surface area contributed by atoms with Crippen molar-refractivity contribution in [3.8, 4) is 17.2 Å². The molecule has 1 aliphatic heterocycles. The average Bonchev–Trinajstić information content (AvgIpc) is 3.32. The van der Waals surface area contributed by atoms with Crippen LogP contribution in [0.15, 0.2) is 48.7 Å². The Morgan fingerprint density at radius 2 is 1.90 bits per heavy atom. The number of rotatable bonds is 9. The number of carboxylic acids is 1. The van der Waals surface area contributed by atoms with Crippen LogP contribution in [0.3, 0.4) is 0 Å². The molecule has 0 bridgehead atoms. The molecule has 3 heterocycles. The maximum atomic E-state index is 13.8. The number of piperidine rings is 1. The number of likely N-dealkylation sites (tertiary alicyclic amines) is 1. The number of hydrogen-bond donors (Lipinski definition) is 2. The van der Waals surface area contributed by atoms with Crippen molar-refractivity contribution in [1.82, 2.24) is 30.0 Å². The lowest BCUT2D eigenvalue weighted by molar-refractivity contribution is -0.138. The first-order chi connectivity index (χ1) is 18.4. The molecule has 1 saturated heterocycles. The van der Waals surface area contributed by atoms with E-state index in [1.54, 1.807) is 18.2 Å². The van der Waals surface area contributed by atoms with Gasteiger partial charge in [0.15, 0.2) is 5.82 Å². The third kappa shape index (κ3) is 7.20. The van der Waals surface area contributed by atoms with Crippen LogP contribution in [0.4, 0.5) is 13.2 Å². The Labute approximate surface area is 224 Å². The van der Waals surface area contributed by atoms with Gasteiger partial charge in [0.1, 0.15) is 5.69 Å². The van der Waals surface area contributed by atoms with Gasteiger partial charge in [0.2, 0.25) is 5.82 Å². The molecule has 1 atom stereocenters. The highest BCUT2D eigenvalue weighted by molar-refractivity contribution is 5.91. The van der Waals surface area contributed by atoms with E-state index in [1.807, 2.05) is 0 Å². The first kappa shape index (κ1) is 28.2. The SMILES string of the molecule is CC1(C)CCCN(CC[C@@H](CC(=O)O)NC(=O)c2nc(-c3ccccn3)n(-c3ccccc3C(F)(F)F)n2)C1. The number of carbonyl (C=O) groups excluding carboxylic acids is 1. The van der Waals surface area contributed by atoms with Gasteiger partial charge in [-0.05, 0) is 55.5 Å². The molecule has 2 N–H and O–H groups in total. The zero-order valence-electron chi connectivity index (χ0n) is 21.8. The molecule has 39 heavy (non-hydrogen) atoms. The fourth-order valence-corrected chi connectivity index (χ4v) is 4.90. The summed E-state index contributed by atoms with van der Waals surface area (Å²) in [6.45, 7) is 6.75. The van der Waals surface area contributed by atoms with E-state index in [4.69, 9.17) is 0 Å². The fourth-order valence-electron chi connectivity index (χ4n) is 4.90. The van der Waals surface area contributed by atoms with Gasteiger partial charge in [-0.15, -0.1) is 5.10 Å². The second-order valence-electron chi connectivity index (χ2n) is 10.5. The van der Waals surface area contributed by atoms with Gasteiger partial charge in [-0.3, -0.25) is 14.6 Å². The molecule has 208 valence electrons. The molecule has 1 fully saturated rings. The van der Waals surface area contributed by atoms with Crippen molar-refractivity contribution >= 4 is 11.9 Å². The minimum Gasteiger partial charge on any atom is -0.481 e. The highest BCUT2D eigenvalue weighted by Gasteiger charge is 2.35. The summed E-state index contributed by atoms with van der Waals surface area (Å²) in [5, 5.41) is 16.2. The van der Waals surface area contributed by atoms with Crippen molar-refractivity contribution in [2.24, 2.45) is 5.41 Å². The van der Waals surface area contributed by atoms with Gasteiger partial charge in [0.05, 0.1) is 17.7 Å². The first-order valence-electron chi connectivity index (χ1n) is 12.7. The van der Waals surface area contributed by atoms with E-state index in [-0.39, 0.29) is 34.9 Å². The van der Waals surface area contributed by atoms with Crippen molar-refractivity contribution in [2.45, 2.75) is 51.7 Å². The van der Waals surface area contributed by atoms with Gasteiger partial charge < -0.3 is 15.3 Å². The Morgan fingerprint density at radius 3 is 2.56 bits per heavy atom. The van der Waals surface area contributed by atoms with Crippen molar-refractivity contribution in [1.29, 1.82) is 0 Å². The molecule has 0 radical (unpaired) electrons. The van der Waals surface area contributed by atoms with Crippen LogP contribution in [0.2, 0.25) is 0 Å². The van der Waals surface area contributed by atoms with E-state index in [1.165, 1.54) is 24.4 Å². The summed E-state index contributed by atoms with van der Waals surface area (Å²) in [5.74, 6) is -2.29. The van der Waals surface area contributed by atoms with E-state index < -0.39 is 29.7 Å². The van der Waals surface area contributed by atoms with Crippen LogP contribution in [0.1, 0.15) is 55.7 Å². The van der Waals surface area contributed by atoms with Crippen molar-refractivity contribution in [3.63, 3.8) is 0 Å². The zero-order valence-corrected chi connectivity index (χ0v) is 21.8. The lowest BCUT2D eigenvalue weighted by Gasteiger charge is -2.38. The highest BCUT2D eigenvalue weighted by atomic mass is 19.4. The Kier molecular flexibility index (Phi) is 8.34. The normalized spacial score (nSPS) is 16.5. The van der Waals surface area contributed by atoms with Gasteiger partial charge in [-0.25, -0.2) is 9.67 Å². The lowest BCUT2D eigenvalue weighted by Crippen LogP contribution is -2.44. The molecule has 9 nitrogen and oxygen atoms in total. The second kappa shape index (κ2) is 11.5. The summed E-state index contributed by atoms with van der Waals surface area (Å²) in [5.41, 5.74) is -0.884. The molecular formula is C27H31F3N6O3. The quantitative estimate of drug-likeness (QED) is 0.410. The van der Waals surface area contributed by atoms with E-state index in [0.29, 0.717) is 13.0 Å². The number of alkyl halides is 3. The molecule has 1 amide bonds. The molecule has 2 aromatic heterocycles. The number of carbonyl (C=O) groups is 2. The summed E-state index contributed by atoms with van der Waals surface area (Å²) < 4.78 is 42.3. The number of pyridine rings is 1. The van der Waals surface area contributed by atoms with E-state index in [9.17, 15) is 27.9 Å². The van der Waals surface area contributed by atoms with Crippen LogP contribution in [-0.2, 0) is 11.0 Å².